The summed E-state index contributed by atoms with van der Waals surface area (Å²) in [5.41, 5.74) is 2.94. The molecule has 0 bridgehead atoms. The molecule has 1 amide bonds. The number of nitriles is 1. The van der Waals surface area contributed by atoms with Crippen molar-refractivity contribution in [3.8, 4) is 17.2 Å². The molecule has 0 aromatic heterocycles. The van der Waals surface area contributed by atoms with Crippen molar-refractivity contribution >= 4 is 5.91 Å². The van der Waals surface area contributed by atoms with Gasteiger partial charge in [0.05, 0.1) is 11.6 Å². The van der Waals surface area contributed by atoms with Gasteiger partial charge in [0.15, 0.2) is 0 Å². The van der Waals surface area contributed by atoms with Crippen LogP contribution in [0.1, 0.15) is 28.8 Å². The van der Waals surface area contributed by atoms with Crippen LogP contribution in [0.3, 0.4) is 0 Å². The fourth-order valence-electron chi connectivity index (χ4n) is 4.35. The molecule has 0 aliphatic carbocycles. The van der Waals surface area contributed by atoms with Gasteiger partial charge in [-0.2, -0.15) is 5.26 Å². The predicted octanol–water partition coefficient (Wildman–Crippen LogP) is 3.08. The fourth-order valence-corrected chi connectivity index (χ4v) is 4.35. The molecular formula is C24H28N4O. The number of hydrogen-bond acceptors (Lipinski definition) is 4. The number of rotatable bonds is 5. The van der Waals surface area contributed by atoms with Gasteiger partial charge in [-0.15, -0.1) is 0 Å². The van der Waals surface area contributed by atoms with Crippen LogP contribution in [0, 0.1) is 11.3 Å². The second-order valence-electron chi connectivity index (χ2n) is 7.89. The second kappa shape index (κ2) is 9.21. The molecule has 150 valence electrons. The van der Waals surface area contributed by atoms with E-state index in [1.807, 2.05) is 47.4 Å². The SMILES string of the molecule is N#Cc1ccccc1-c1ccccc1C(=O)N1CCN(CCN2CCCC2)CC1. The van der Waals surface area contributed by atoms with Crippen LogP contribution in [0.4, 0.5) is 0 Å². The molecule has 2 aromatic carbocycles. The summed E-state index contributed by atoms with van der Waals surface area (Å²) < 4.78 is 0. The van der Waals surface area contributed by atoms with Crippen molar-refractivity contribution < 1.29 is 4.79 Å². The average molecular weight is 389 g/mol. The van der Waals surface area contributed by atoms with Gasteiger partial charge in [-0.1, -0.05) is 36.4 Å². The fraction of sp³-hybridized carbons (Fsp3) is 0.417. The highest BCUT2D eigenvalue weighted by Crippen LogP contribution is 2.28. The quantitative estimate of drug-likeness (QED) is 0.790. The summed E-state index contributed by atoms with van der Waals surface area (Å²) in [6.07, 6.45) is 2.66. The first kappa shape index (κ1) is 19.6. The molecule has 2 fully saturated rings. The topological polar surface area (TPSA) is 50.6 Å². The zero-order valence-corrected chi connectivity index (χ0v) is 16.9. The van der Waals surface area contributed by atoms with Crippen LogP contribution in [-0.4, -0.2) is 73.0 Å². The van der Waals surface area contributed by atoms with Gasteiger partial charge in [0.25, 0.3) is 5.91 Å². The third-order valence-corrected chi connectivity index (χ3v) is 6.09. The Morgan fingerprint density at radius 1 is 0.793 bits per heavy atom. The first-order valence-electron chi connectivity index (χ1n) is 10.6. The zero-order valence-electron chi connectivity index (χ0n) is 16.9. The molecule has 0 atom stereocenters. The van der Waals surface area contributed by atoms with Crippen molar-refractivity contribution in [1.29, 1.82) is 5.26 Å². The minimum Gasteiger partial charge on any atom is -0.336 e. The Hall–Kier alpha value is -2.68. The molecular weight excluding hydrogens is 360 g/mol. The summed E-state index contributed by atoms with van der Waals surface area (Å²) in [4.78, 5) is 20.3. The van der Waals surface area contributed by atoms with Crippen LogP contribution in [0.2, 0.25) is 0 Å². The van der Waals surface area contributed by atoms with E-state index >= 15 is 0 Å². The molecule has 5 heteroatoms. The van der Waals surface area contributed by atoms with Gasteiger partial charge in [0, 0.05) is 50.4 Å². The van der Waals surface area contributed by atoms with Crippen molar-refractivity contribution in [3.05, 3.63) is 59.7 Å². The summed E-state index contributed by atoms with van der Waals surface area (Å²) in [5.74, 6) is 0.0625. The molecule has 2 aromatic rings. The summed E-state index contributed by atoms with van der Waals surface area (Å²) in [5, 5.41) is 9.46. The number of carbonyl (C=O) groups is 1. The Bertz CT molecular complexity index is 890. The lowest BCUT2D eigenvalue weighted by atomic mass is 9.95. The summed E-state index contributed by atoms with van der Waals surface area (Å²) in [6.45, 7) is 8.07. The molecule has 2 aliphatic heterocycles. The molecule has 29 heavy (non-hydrogen) atoms. The zero-order chi connectivity index (χ0) is 20.1. The molecule has 4 rings (SSSR count). The largest absolute Gasteiger partial charge is 0.336 e. The molecule has 0 unspecified atom stereocenters. The standard InChI is InChI=1S/C24H28N4O/c25-19-20-7-1-2-8-21(20)22-9-3-4-10-23(22)24(29)28-17-15-27(16-18-28)14-13-26-11-5-6-12-26/h1-4,7-10H,5-6,11-18H2. The van der Waals surface area contributed by atoms with E-state index in [0.717, 1.165) is 50.4 Å². The minimum atomic E-state index is 0.0625. The second-order valence-corrected chi connectivity index (χ2v) is 7.89. The third kappa shape index (κ3) is 4.50. The van der Waals surface area contributed by atoms with E-state index in [-0.39, 0.29) is 5.91 Å². The van der Waals surface area contributed by atoms with Crippen molar-refractivity contribution in [1.82, 2.24) is 14.7 Å². The lowest BCUT2D eigenvalue weighted by Gasteiger charge is -2.35. The molecule has 2 heterocycles. The molecule has 0 radical (unpaired) electrons. The molecule has 0 saturated carbocycles. The highest BCUT2D eigenvalue weighted by molar-refractivity contribution is 6.01. The van der Waals surface area contributed by atoms with Gasteiger partial charge in [0.1, 0.15) is 0 Å². The first-order valence-corrected chi connectivity index (χ1v) is 10.6. The normalized spacial score (nSPS) is 18.0. The van der Waals surface area contributed by atoms with E-state index < -0.39 is 0 Å². The van der Waals surface area contributed by atoms with Crippen LogP contribution in [0.15, 0.2) is 48.5 Å². The maximum absolute atomic E-state index is 13.3. The lowest BCUT2D eigenvalue weighted by molar-refractivity contribution is 0.0627. The Morgan fingerprint density at radius 3 is 2.07 bits per heavy atom. The van der Waals surface area contributed by atoms with E-state index in [0.29, 0.717) is 11.1 Å². The van der Waals surface area contributed by atoms with Crippen molar-refractivity contribution in [3.63, 3.8) is 0 Å². The third-order valence-electron chi connectivity index (χ3n) is 6.09. The van der Waals surface area contributed by atoms with Crippen molar-refractivity contribution in [2.75, 3.05) is 52.4 Å². The van der Waals surface area contributed by atoms with Gasteiger partial charge in [-0.25, -0.2) is 0 Å². The monoisotopic (exact) mass is 388 g/mol. The number of amides is 1. The molecule has 0 N–H and O–H groups in total. The number of benzene rings is 2. The smallest absolute Gasteiger partial charge is 0.254 e. The molecule has 2 aliphatic rings. The van der Waals surface area contributed by atoms with E-state index in [1.165, 1.54) is 25.9 Å². The van der Waals surface area contributed by atoms with Crippen LogP contribution in [-0.2, 0) is 0 Å². The first-order chi connectivity index (χ1) is 14.3. The lowest BCUT2D eigenvalue weighted by Crippen LogP contribution is -2.50. The summed E-state index contributed by atoms with van der Waals surface area (Å²) >= 11 is 0. The van der Waals surface area contributed by atoms with Gasteiger partial charge in [-0.05, 0) is 43.6 Å². The number of hydrogen-bond donors (Lipinski definition) is 0. The maximum Gasteiger partial charge on any atom is 0.254 e. The predicted molar refractivity (Wildman–Crippen MR) is 115 cm³/mol. The van der Waals surface area contributed by atoms with Crippen LogP contribution < -0.4 is 0 Å². The van der Waals surface area contributed by atoms with Crippen LogP contribution >= 0.6 is 0 Å². The van der Waals surface area contributed by atoms with Crippen molar-refractivity contribution in [2.24, 2.45) is 0 Å². The average Bonchev–Trinajstić information content (AvgIpc) is 3.31. The van der Waals surface area contributed by atoms with Crippen molar-refractivity contribution in [2.45, 2.75) is 12.8 Å². The van der Waals surface area contributed by atoms with Gasteiger partial charge < -0.3 is 9.80 Å². The Balaban J connectivity index is 1.42. The highest BCUT2D eigenvalue weighted by atomic mass is 16.2. The Labute approximate surface area is 173 Å². The summed E-state index contributed by atoms with van der Waals surface area (Å²) in [6, 6.07) is 17.4. The molecule has 0 spiro atoms. The number of likely N-dealkylation sites (tertiary alicyclic amines) is 1. The number of piperazine rings is 1. The maximum atomic E-state index is 13.3. The highest BCUT2D eigenvalue weighted by Gasteiger charge is 2.25. The van der Waals surface area contributed by atoms with Crippen LogP contribution in [0.5, 0.6) is 0 Å². The van der Waals surface area contributed by atoms with Gasteiger partial charge in [-0.3, -0.25) is 9.69 Å². The number of carbonyl (C=O) groups excluding carboxylic acids is 1. The van der Waals surface area contributed by atoms with Gasteiger partial charge >= 0.3 is 0 Å². The molecule has 2 saturated heterocycles. The molecule has 5 nitrogen and oxygen atoms in total. The van der Waals surface area contributed by atoms with E-state index in [9.17, 15) is 10.1 Å². The van der Waals surface area contributed by atoms with Gasteiger partial charge in [0.2, 0.25) is 0 Å². The van der Waals surface area contributed by atoms with Crippen LogP contribution in [0.25, 0.3) is 11.1 Å². The van der Waals surface area contributed by atoms with E-state index in [1.54, 1.807) is 6.07 Å². The Kier molecular flexibility index (Phi) is 6.24. The number of nitrogens with zero attached hydrogens (tertiary/aromatic N) is 4. The minimum absolute atomic E-state index is 0.0625. The van der Waals surface area contributed by atoms with E-state index in [2.05, 4.69) is 15.9 Å². The Morgan fingerprint density at radius 2 is 1.38 bits per heavy atom. The van der Waals surface area contributed by atoms with E-state index in [4.69, 9.17) is 0 Å². The summed E-state index contributed by atoms with van der Waals surface area (Å²) in [7, 11) is 0.